The molecule has 0 rings (SSSR count). The third-order valence-corrected chi connectivity index (χ3v) is 3.05. The van der Waals surface area contributed by atoms with Crippen molar-refractivity contribution in [3.63, 3.8) is 0 Å². The van der Waals surface area contributed by atoms with Crippen LogP contribution in [0.2, 0.25) is 0 Å². The molecule has 0 aliphatic rings. The number of Topliss-reactive ketones (excluding diaryl/α,β-unsaturated/α-hetero) is 1. The molecular formula is C7H2BrF11O. The molecule has 0 fully saturated rings. The molecule has 0 heterocycles. The zero-order valence-corrected chi connectivity index (χ0v) is 10.2. The monoisotopic (exact) mass is 390 g/mol. The zero-order valence-electron chi connectivity index (χ0n) is 8.65. The average Bonchev–Trinajstić information content (AvgIpc) is 2.23. The van der Waals surface area contributed by atoms with E-state index in [1.807, 2.05) is 0 Å². The standard InChI is InChI=1S/C7H2BrF11O/c8-3(1-9,6(14,15)16)2(20)4(10,11)5(12,13)7(17,18)19/h1H2. The molecule has 0 aromatic rings. The highest BCUT2D eigenvalue weighted by atomic mass is 79.9. The summed E-state index contributed by atoms with van der Waals surface area (Å²) in [5, 5.41) is 0. The third kappa shape index (κ3) is 2.72. The SMILES string of the molecule is O=C(C(F)(F)C(F)(F)C(F)(F)F)C(Br)(CF)C(F)(F)F. The molecule has 120 valence electrons. The number of rotatable bonds is 4. The van der Waals surface area contributed by atoms with Crippen LogP contribution in [0, 0.1) is 0 Å². The third-order valence-electron chi connectivity index (χ3n) is 2.03. The van der Waals surface area contributed by atoms with Crippen molar-refractivity contribution in [2.24, 2.45) is 0 Å². The van der Waals surface area contributed by atoms with Crippen LogP contribution in [0.5, 0.6) is 0 Å². The Bertz CT molecular complexity index is 383. The van der Waals surface area contributed by atoms with Crippen molar-refractivity contribution in [1.82, 2.24) is 0 Å². The fourth-order valence-corrected chi connectivity index (χ4v) is 1.08. The average molecular weight is 391 g/mol. The highest BCUT2D eigenvalue weighted by Crippen LogP contribution is 2.51. The van der Waals surface area contributed by atoms with E-state index in [-0.39, 0.29) is 0 Å². The van der Waals surface area contributed by atoms with E-state index in [1.54, 1.807) is 0 Å². The summed E-state index contributed by atoms with van der Waals surface area (Å²) in [6, 6.07) is 0. The maximum absolute atomic E-state index is 12.8. The lowest BCUT2D eigenvalue weighted by atomic mass is 9.95. The lowest BCUT2D eigenvalue weighted by Gasteiger charge is -2.33. The Hall–Kier alpha value is -0.620. The van der Waals surface area contributed by atoms with Crippen molar-refractivity contribution in [2.45, 2.75) is 28.5 Å². The first-order valence-corrected chi connectivity index (χ1v) is 4.95. The fourth-order valence-electron chi connectivity index (χ4n) is 0.835. The van der Waals surface area contributed by atoms with Gasteiger partial charge in [0.15, 0.2) is 0 Å². The summed E-state index contributed by atoms with van der Waals surface area (Å²) >= 11 is 1.14. The molecule has 1 atom stereocenters. The highest BCUT2D eigenvalue weighted by Gasteiger charge is 2.80. The van der Waals surface area contributed by atoms with Crippen LogP contribution in [0.1, 0.15) is 0 Å². The number of hydrogen-bond acceptors (Lipinski definition) is 1. The van der Waals surface area contributed by atoms with Crippen LogP contribution in [-0.4, -0.2) is 41.0 Å². The summed E-state index contributed by atoms with van der Waals surface area (Å²) in [4.78, 5) is 10.7. The molecule has 0 saturated heterocycles. The maximum Gasteiger partial charge on any atom is 0.460 e. The second kappa shape index (κ2) is 4.98. The number of carbonyl (C=O) groups is 1. The van der Waals surface area contributed by atoms with Crippen LogP contribution in [0.25, 0.3) is 0 Å². The Labute approximate surface area is 111 Å². The van der Waals surface area contributed by atoms with Crippen LogP contribution < -0.4 is 0 Å². The summed E-state index contributed by atoms with van der Waals surface area (Å²) in [5.41, 5.74) is 0. The second-order valence-corrected chi connectivity index (χ2v) is 4.76. The summed E-state index contributed by atoms with van der Waals surface area (Å²) in [6.45, 7) is -3.00. The van der Waals surface area contributed by atoms with Gasteiger partial charge in [-0.05, 0) is 0 Å². The molecule has 20 heavy (non-hydrogen) atoms. The number of alkyl halides is 12. The van der Waals surface area contributed by atoms with E-state index >= 15 is 0 Å². The molecule has 13 heteroatoms. The minimum absolute atomic E-state index is 1.14. The molecule has 0 saturated carbocycles. The minimum Gasteiger partial charge on any atom is -0.291 e. The van der Waals surface area contributed by atoms with Crippen molar-refractivity contribution in [2.75, 3.05) is 6.67 Å². The van der Waals surface area contributed by atoms with Gasteiger partial charge in [0, 0.05) is 0 Å². The Balaban J connectivity index is 5.93. The quantitative estimate of drug-likeness (QED) is 0.522. The second-order valence-electron chi connectivity index (χ2n) is 3.41. The summed E-state index contributed by atoms with van der Waals surface area (Å²) in [5.74, 6) is -17.9. The first kappa shape index (κ1) is 19.4. The Morgan fingerprint density at radius 3 is 1.35 bits per heavy atom. The predicted molar refractivity (Wildman–Crippen MR) is 44.6 cm³/mol. The first-order valence-electron chi connectivity index (χ1n) is 4.15. The van der Waals surface area contributed by atoms with E-state index in [9.17, 15) is 53.1 Å². The van der Waals surface area contributed by atoms with E-state index in [4.69, 9.17) is 0 Å². The lowest BCUT2D eigenvalue weighted by Crippen LogP contribution is -2.64. The van der Waals surface area contributed by atoms with Gasteiger partial charge in [-0.15, -0.1) is 0 Å². The maximum atomic E-state index is 12.8. The summed E-state index contributed by atoms with van der Waals surface area (Å²) in [7, 11) is 0. The number of halogens is 12. The van der Waals surface area contributed by atoms with Gasteiger partial charge >= 0.3 is 24.2 Å². The normalized spacial score (nSPS) is 17.8. The number of ketones is 1. The van der Waals surface area contributed by atoms with Gasteiger partial charge in [0.1, 0.15) is 6.67 Å². The van der Waals surface area contributed by atoms with E-state index < -0.39 is 41.0 Å². The predicted octanol–water partition coefficient (Wildman–Crippen LogP) is 4.05. The summed E-state index contributed by atoms with van der Waals surface area (Å²) < 4.78 is 129. The highest BCUT2D eigenvalue weighted by molar-refractivity contribution is 9.10. The Kier molecular flexibility index (Phi) is 4.83. The molecule has 1 unspecified atom stereocenters. The van der Waals surface area contributed by atoms with E-state index in [2.05, 4.69) is 0 Å². The molecule has 0 radical (unpaired) electrons. The minimum atomic E-state index is -7.10. The zero-order chi connectivity index (χ0) is 16.8. The Morgan fingerprint density at radius 1 is 0.800 bits per heavy atom. The van der Waals surface area contributed by atoms with Crippen LogP contribution in [0.4, 0.5) is 48.3 Å². The van der Waals surface area contributed by atoms with Gasteiger partial charge in [-0.2, -0.15) is 43.9 Å². The van der Waals surface area contributed by atoms with Gasteiger partial charge in [-0.3, -0.25) is 4.79 Å². The fraction of sp³-hybridized carbons (Fsp3) is 0.857. The van der Waals surface area contributed by atoms with Crippen LogP contribution in [0.3, 0.4) is 0 Å². The number of carbonyl (C=O) groups excluding carboxylic acids is 1. The van der Waals surface area contributed by atoms with Gasteiger partial charge in [0.2, 0.25) is 10.1 Å². The molecule has 0 aromatic heterocycles. The Morgan fingerprint density at radius 2 is 1.15 bits per heavy atom. The topological polar surface area (TPSA) is 17.1 Å². The molecule has 1 nitrogen and oxygen atoms in total. The van der Waals surface area contributed by atoms with E-state index in [0.717, 1.165) is 15.9 Å². The van der Waals surface area contributed by atoms with Crippen molar-refractivity contribution in [3.8, 4) is 0 Å². The molecule has 0 bridgehead atoms. The first-order chi connectivity index (χ1) is 8.47. The molecule has 0 aliphatic heterocycles. The largest absolute Gasteiger partial charge is 0.460 e. The molecule has 0 aromatic carbocycles. The molecule has 0 spiro atoms. The lowest BCUT2D eigenvalue weighted by molar-refractivity contribution is -0.345. The smallest absolute Gasteiger partial charge is 0.291 e. The van der Waals surface area contributed by atoms with E-state index in [1.165, 1.54) is 0 Å². The van der Waals surface area contributed by atoms with Crippen LogP contribution in [0.15, 0.2) is 0 Å². The van der Waals surface area contributed by atoms with Gasteiger partial charge in [0.25, 0.3) is 0 Å². The molecule has 0 amide bonds. The van der Waals surface area contributed by atoms with Gasteiger partial charge in [-0.25, -0.2) is 4.39 Å². The van der Waals surface area contributed by atoms with Crippen molar-refractivity contribution in [3.05, 3.63) is 0 Å². The van der Waals surface area contributed by atoms with Gasteiger partial charge in [0.05, 0.1) is 0 Å². The van der Waals surface area contributed by atoms with Gasteiger partial charge < -0.3 is 0 Å². The molecular weight excluding hydrogens is 389 g/mol. The van der Waals surface area contributed by atoms with Crippen molar-refractivity contribution >= 4 is 21.7 Å². The molecule has 0 N–H and O–H groups in total. The van der Waals surface area contributed by atoms with Gasteiger partial charge in [-0.1, -0.05) is 15.9 Å². The van der Waals surface area contributed by atoms with E-state index in [0.29, 0.717) is 0 Å². The van der Waals surface area contributed by atoms with Crippen LogP contribution >= 0.6 is 15.9 Å². The number of hydrogen-bond donors (Lipinski definition) is 0. The van der Waals surface area contributed by atoms with Crippen molar-refractivity contribution < 1.29 is 53.1 Å². The van der Waals surface area contributed by atoms with Crippen molar-refractivity contribution in [1.29, 1.82) is 0 Å². The van der Waals surface area contributed by atoms with Crippen LogP contribution in [-0.2, 0) is 4.79 Å². The molecule has 0 aliphatic carbocycles. The summed E-state index contributed by atoms with van der Waals surface area (Å²) in [6.07, 6.45) is -13.2.